The number of carbonyl (C=O) groups is 1. The first kappa shape index (κ1) is 9.28. The number of carboxylic acids is 1. The molecular formula is C11H9ClO2. The first-order valence-electron chi connectivity index (χ1n) is 4.40. The topological polar surface area (TPSA) is 37.3 Å². The number of aliphatic carboxylic acids is 1. The van der Waals surface area contributed by atoms with Crippen LogP contribution < -0.4 is 0 Å². The van der Waals surface area contributed by atoms with Gasteiger partial charge in [0.05, 0.1) is 0 Å². The Bertz CT molecular complexity index is 421. The maximum Gasteiger partial charge on any atom is 0.328 e. The van der Waals surface area contributed by atoms with Crippen molar-refractivity contribution in [1.82, 2.24) is 0 Å². The Hall–Kier alpha value is -1.28. The van der Waals surface area contributed by atoms with E-state index in [1.165, 1.54) is 6.08 Å². The van der Waals surface area contributed by atoms with Crippen molar-refractivity contribution in [2.45, 2.75) is 12.8 Å². The van der Waals surface area contributed by atoms with Gasteiger partial charge in [-0.25, -0.2) is 4.79 Å². The molecule has 1 aromatic carbocycles. The molecule has 1 N–H and O–H groups in total. The van der Waals surface area contributed by atoms with Crippen LogP contribution in [0.25, 0.3) is 5.57 Å². The highest BCUT2D eigenvalue weighted by Gasteiger charge is 2.18. The van der Waals surface area contributed by atoms with Gasteiger partial charge in [0.25, 0.3) is 0 Å². The molecular weight excluding hydrogens is 200 g/mol. The first-order chi connectivity index (χ1) is 6.68. The molecule has 2 nitrogen and oxygen atoms in total. The van der Waals surface area contributed by atoms with Crippen LogP contribution >= 0.6 is 11.6 Å². The molecule has 0 saturated heterocycles. The predicted octanol–water partition coefficient (Wildman–Crippen LogP) is 2.75. The fourth-order valence-electron chi connectivity index (χ4n) is 1.81. The van der Waals surface area contributed by atoms with Gasteiger partial charge >= 0.3 is 5.97 Å². The number of hydrogen-bond acceptors (Lipinski definition) is 1. The van der Waals surface area contributed by atoms with Crippen molar-refractivity contribution in [3.63, 3.8) is 0 Å². The quantitative estimate of drug-likeness (QED) is 0.721. The van der Waals surface area contributed by atoms with Crippen molar-refractivity contribution < 1.29 is 9.90 Å². The van der Waals surface area contributed by atoms with Gasteiger partial charge in [-0.1, -0.05) is 23.7 Å². The molecule has 1 aromatic rings. The van der Waals surface area contributed by atoms with E-state index < -0.39 is 5.97 Å². The summed E-state index contributed by atoms with van der Waals surface area (Å²) >= 11 is 6.00. The highest BCUT2D eigenvalue weighted by Crippen LogP contribution is 2.35. The summed E-state index contributed by atoms with van der Waals surface area (Å²) in [6.45, 7) is 0. The predicted molar refractivity (Wildman–Crippen MR) is 55.4 cm³/mol. The zero-order valence-electron chi connectivity index (χ0n) is 7.46. The van der Waals surface area contributed by atoms with E-state index in [2.05, 4.69) is 0 Å². The monoisotopic (exact) mass is 208 g/mol. The van der Waals surface area contributed by atoms with Crippen LogP contribution in [0.5, 0.6) is 0 Å². The lowest BCUT2D eigenvalue weighted by Crippen LogP contribution is -1.89. The Kier molecular flexibility index (Phi) is 2.30. The second-order valence-corrected chi connectivity index (χ2v) is 3.68. The third kappa shape index (κ3) is 1.53. The minimum atomic E-state index is -0.896. The third-order valence-electron chi connectivity index (χ3n) is 2.41. The Balaban J connectivity index is 2.50. The van der Waals surface area contributed by atoms with Crippen molar-refractivity contribution in [3.8, 4) is 0 Å². The Morgan fingerprint density at radius 2 is 2.21 bits per heavy atom. The lowest BCUT2D eigenvalue weighted by Gasteiger charge is -2.00. The van der Waals surface area contributed by atoms with Crippen LogP contribution in [0.1, 0.15) is 17.5 Å². The van der Waals surface area contributed by atoms with Crippen molar-refractivity contribution in [2.24, 2.45) is 0 Å². The van der Waals surface area contributed by atoms with E-state index in [0.29, 0.717) is 0 Å². The van der Waals surface area contributed by atoms with Crippen LogP contribution in [0.3, 0.4) is 0 Å². The molecule has 0 aliphatic heterocycles. The number of halogens is 1. The molecule has 1 aliphatic rings. The summed E-state index contributed by atoms with van der Waals surface area (Å²) in [4.78, 5) is 10.5. The minimum absolute atomic E-state index is 0.733. The van der Waals surface area contributed by atoms with Gasteiger partial charge in [0, 0.05) is 11.1 Å². The van der Waals surface area contributed by atoms with Gasteiger partial charge in [0.2, 0.25) is 0 Å². The standard InChI is InChI=1S/C11H9ClO2/c12-10-3-1-2-8-7(6-11(13)14)4-5-9(8)10/h1-3,6H,4-5H2,(H,13,14). The van der Waals surface area contributed by atoms with Crippen molar-refractivity contribution in [2.75, 3.05) is 0 Å². The van der Waals surface area contributed by atoms with E-state index in [4.69, 9.17) is 16.7 Å². The second kappa shape index (κ2) is 3.46. The summed E-state index contributed by atoms with van der Waals surface area (Å²) in [5.74, 6) is -0.896. The molecule has 0 heterocycles. The van der Waals surface area contributed by atoms with Gasteiger partial charge in [0.1, 0.15) is 0 Å². The highest BCUT2D eigenvalue weighted by atomic mass is 35.5. The lowest BCUT2D eigenvalue weighted by atomic mass is 10.1. The molecule has 0 bridgehead atoms. The fraction of sp³-hybridized carbons (Fsp3) is 0.182. The van der Waals surface area contributed by atoms with E-state index in [0.717, 1.165) is 34.6 Å². The van der Waals surface area contributed by atoms with Crippen LogP contribution in [0.2, 0.25) is 5.02 Å². The smallest absolute Gasteiger partial charge is 0.328 e. The van der Waals surface area contributed by atoms with Gasteiger partial charge in [-0.15, -0.1) is 0 Å². The van der Waals surface area contributed by atoms with E-state index in [1.807, 2.05) is 18.2 Å². The van der Waals surface area contributed by atoms with Crippen molar-refractivity contribution >= 4 is 23.1 Å². The van der Waals surface area contributed by atoms with Crippen LogP contribution in [0.4, 0.5) is 0 Å². The Labute approximate surface area is 86.8 Å². The lowest BCUT2D eigenvalue weighted by molar-refractivity contribution is -0.131. The zero-order chi connectivity index (χ0) is 10.1. The number of benzene rings is 1. The number of rotatable bonds is 1. The van der Waals surface area contributed by atoms with Crippen LogP contribution in [-0.2, 0) is 11.2 Å². The maximum atomic E-state index is 10.5. The molecule has 3 heteroatoms. The van der Waals surface area contributed by atoms with Crippen molar-refractivity contribution in [3.05, 3.63) is 40.4 Å². The van der Waals surface area contributed by atoms with E-state index >= 15 is 0 Å². The van der Waals surface area contributed by atoms with Crippen LogP contribution in [0.15, 0.2) is 24.3 Å². The van der Waals surface area contributed by atoms with Gasteiger partial charge in [-0.05, 0) is 35.6 Å². The molecule has 2 rings (SSSR count). The molecule has 72 valence electrons. The van der Waals surface area contributed by atoms with E-state index in [-0.39, 0.29) is 0 Å². The Morgan fingerprint density at radius 1 is 1.43 bits per heavy atom. The molecule has 0 fully saturated rings. The molecule has 0 spiro atoms. The summed E-state index contributed by atoms with van der Waals surface area (Å²) in [5.41, 5.74) is 2.93. The molecule has 0 unspecified atom stereocenters. The van der Waals surface area contributed by atoms with Gasteiger partial charge in [-0.3, -0.25) is 0 Å². The summed E-state index contributed by atoms with van der Waals surface area (Å²) < 4.78 is 0. The number of allylic oxidation sites excluding steroid dienone is 1. The second-order valence-electron chi connectivity index (χ2n) is 3.27. The molecule has 14 heavy (non-hydrogen) atoms. The average molecular weight is 209 g/mol. The third-order valence-corrected chi connectivity index (χ3v) is 2.76. The van der Waals surface area contributed by atoms with E-state index in [1.54, 1.807) is 0 Å². The zero-order valence-corrected chi connectivity index (χ0v) is 8.21. The molecule has 0 radical (unpaired) electrons. The number of hydrogen-bond donors (Lipinski definition) is 1. The van der Waals surface area contributed by atoms with E-state index in [9.17, 15) is 4.79 Å². The SMILES string of the molecule is O=C(O)C=C1CCc2c(Cl)cccc21. The number of carboxylic acid groups (broad SMARTS) is 1. The fourth-order valence-corrected chi connectivity index (χ4v) is 2.08. The summed E-state index contributed by atoms with van der Waals surface area (Å²) in [6.07, 6.45) is 2.88. The number of fused-ring (bicyclic) bond motifs is 1. The van der Waals surface area contributed by atoms with Gasteiger partial charge in [0.15, 0.2) is 0 Å². The summed E-state index contributed by atoms with van der Waals surface area (Å²) in [6, 6.07) is 5.61. The van der Waals surface area contributed by atoms with Gasteiger partial charge in [-0.2, -0.15) is 0 Å². The average Bonchev–Trinajstić information content (AvgIpc) is 2.49. The summed E-state index contributed by atoms with van der Waals surface area (Å²) in [7, 11) is 0. The van der Waals surface area contributed by atoms with Crippen LogP contribution in [0, 0.1) is 0 Å². The summed E-state index contributed by atoms with van der Waals surface area (Å²) in [5, 5.41) is 9.39. The first-order valence-corrected chi connectivity index (χ1v) is 4.77. The highest BCUT2D eigenvalue weighted by molar-refractivity contribution is 6.31. The van der Waals surface area contributed by atoms with Crippen molar-refractivity contribution in [1.29, 1.82) is 0 Å². The van der Waals surface area contributed by atoms with Crippen LogP contribution in [-0.4, -0.2) is 11.1 Å². The molecule has 0 atom stereocenters. The largest absolute Gasteiger partial charge is 0.478 e. The molecule has 0 saturated carbocycles. The molecule has 0 amide bonds. The normalized spacial score (nSPS) is 17.1. The molecule has 0 aromatic heterocycles. The minimum Gasteiger partial charge on any atom is -0.478 e. The maximum absolute atomic E-state index is 10.5. The van der Waals surface area contributed by atoms with Gasteiger partial charge < -0.3 is 5.11 Å². The molecule has 1 aliphatic carbocycles. The Morgan fingerprint density at radius 3 is 2.93 bits per heavy atom.